The number of unbranched alkanes of at least 4 members (excludes halogenated alkanes) is 2. The van der Waals surface area contributed by atoms with Crippen LogP contribution in [0.3, 0.4) is 0 Å². The predicted octanol–water partition coefficient (Wildman–Crippen LogP) is 2.39. The molecule has 0 fully saturated rings. The Balaban J connectivity index is 3.01. The molecule has 1 aromatic rings. The Kier molecular flexibility index (Phi) is 4.53. The van der Waals surface area contributed by atoms with Crippen molar-refractivity contribution in [3.05, 3.63) is 34.9 Å². The molecule has 1 rings (SSSR count). The van der Waals surface area contributed by atoms with Crippen molar-refractivity contribution in [2.45, 2.75) is 32.6 Å². The van der Waals surface area contributed by atoms with E-state index in [2.05, 4.69) is 13.0 Å². The summed E-state index contributed by atoms with van der Waals surface area (Å²) in [4.78, 5) is 11.2. The molecule has 2 N–H and O–H groups in total. The van der Waals surface area contributed by atoms with E-state index in [9.17, 15) is 4.79 Å². The summed E-state index contributed by atoms with van der Waals surface area (Å²) < 4.78 is 0. The van der Waals surface area contributed by atoms with Gasteiger partial charge in [0.25, 0.3) is 0 Å². The number of rotatable bonds is 5. The highest BCUT2D eigenvalue weighted by Gasteiger charge is 2.11. The molecule has 0 atom stereocenters. The molecule has 1 aromatic carbocycles. The molecule has 0 radical (unpaired) electrons. The van der Waals surface area contributed by atoms with Crippen LogP contribution in [0.2, 0.25) is 0 Å². The van der Waals surface area contributed by atoms with Crippen molar-refractivity contribution in [1.82, 2.24) is 0 Å². The van der Waals surface area contributed by atoms with Crippen LogP contribution in [0.4, 0.5) is 0 Å². The molecule has 16 heavy (non-hydrogen) atoms. The van der Waals surface area contributed by atoms with Crippen LogP contribution >= 0.6 is 0 Å². The number of amides is 1. The summed E-state index contributed by atoms with van der Waals surface area (Å²) in [6.45, 7) is 2.12. The molecule has 0 aromatic heterocycles. The molecule has 0 heterocycles. The van der Waals surface area contributed by atoms with Gasteiger partial charge in [0.05, 0.1) is 11.6 Å². The average Bonchev–Trinajstić information content (AvgIpc) is 2.29. The van der Waals surface area contributed by atoms with E-state index >= 15 is 0 Å². The van der Waals surface area contributed by atoms with E-state index in [0.29, 0.717) is 11.1 Å². The average molecular weight is 216 g/mol. The summed E-state index contributed by atoms with van der Waals surface area (Å²) >= 11 is 0. The van der Waals surface area contributed by atoms with E-state index in [-0.39, 0.29) is 0 Å². The quantitative estimate of drug-likeness (QED) is 0.768. The van der Waals surface area contributed by atoms with Gasteiger partial charge in [0.1, 0.15) is 0 Å². The van der Waals surface area contributed by atoms with Gasteiger partial charge in [0.15, 0.2) is 0 Å². The van der Waals surface area contributed by atoms with Crippen LogP contribution in [0.1, 0.15) is 47.7 Å². The number of nitrogens with two attached hydrogens (primary N) is 1. The molecule has 1 amide bonds. The molecule has 84 valence electrons. The van der Waals surface area contributed by atoms with Crippen molar-refractivity contribution in [2.24, 2.45) is 5.73 Å². The number of benzene rings is 1. The van der Waals surface area contributed by atoms with Gasteiger partial charge in [-0.25, -0.2) is 0 Å². The minimum Gasteiger partial charge on any atom is -0.366 e. The maximum Gasteiger partial charge on any atom is 0.249 e. The van der Waals surface area contributed by atoms with E-state index < -0.39 is 5.91 Å². The maximum atomic E-state index is 11.2. The van der Waals surface area contributed by atoms with Crippen molar-refractivity contribution in [3.8, 4) is 6.07 Å². The zero-order chi connectivity index (χ0) is 12.0. The SMILES string of the molecule is CCCCCc1c(C#N)cccc1C(N)=O. The lowest BCUT2D eigenvalue weighted by molar-refractivity contribution is 0.0999. The second-order valence-corrected chi connectivity index (χ2v) is 3.76. The Bertz CT molecular complexity index is 418. The molecule has 3 heteroatoms. The molecule has 0 unspecified atom stereocenters. The fourth-order valence-corrected chi connectivity index (χ4v) is 1.74. The first-order valence-electron chi connectivity index (χ1n) is 5.52. The summed E-state index contributed by atoms with van der Waals surface area (Å²) in [5, 5.41) is 8.98. The van der Waals surface area contributed by atoms with E-state index in [1.54, 1.807) is 18.2 Å². The molecule has 0 saturated carbocycles. The summed E-state index contributed by atoms with van der Waals surface area (Å²) in [6, 6.07) is 7.22. The largest absolute Gasteiger partial charge is 0.366 e. The Hall–Kier alpha value is -1.82. The van der Waals surface area contributed by atoms with Crippen molar-refractivity contribution in [1.29, 1.82) is 5.26 Å². The van der Waals surface area contributed by atoms with Crippen LogP contribution in [0.15, 0.2) is 18.2 Å². The second-order valence-electron chi connectivity index (χ2n) is 3.76. The molecular weight excluding hydrogens is 200 g/mol. The summed E-state index contributed by atoms with van der Waals surface area (Å²) in [6.07, 6.45) is 3.93. The zero-order valence-electron chi connectivity index (χ0n) is 9.49. The Morgan fingerprint density at radius 1 is 1.44 bits per heavy atom. The topological polar surface area (TPSA) is 66.9 Å². The Morgan fingerprint density at radius 3 is 2.75 bits per heavy atom. The van der Waals surface area contributed by atoms with Gasteiger partial charge < -0.3 is 5.73 Å². The smallest absolute Gasteiger partial charge is 0.249 e. The van der Waals surface area contributed by atoms with Crippen LogP contribution in [0.25, 0.3) is 0 Å². The summed E-state index contributed by atoms with van der Waals surface area (Å²) in [7, 11) is 0. The van der Waals surface area contributed by atoms with Gasteiger partial charge in [0.2, 0.25) is 5.91 Å². The molecule has 0 bridgehead atoms. The van der Waals surface area contributed by atoms with E-state index in [1.807, 2.05) is 0 Å². The van der Waals surface area contributed by atoms with Gasteiger partial charge in [-0.05, 0) is 30.5 Å². The van der Waals surface area contributed by atoms with E-state index in [1.165, 1.54) is 0 Å². The van der Waals surface area contributed by atoms with E-state index in [0.717, 1.165) is 31.2 Å². The lowest BCUT2D eigenvalue weighted by atomic mass is 9.96. The monoisotopic (exact) mass is 216 g/mol. The van der Waals surface area contributed by atoms with Gasteiger partial charge >= 0.3 is 0 Å². The van der Waals surface area contributed by atoms with Crippen molar-refractivity contribution in [2.75, 3.05) is 0 Å². The van der Waals surface area contributed by atoms with Gasteiger partial charge in [-0.1, -0.05) is 25.8 Å². The molecule has 3 nitrogen and oxygen atoms in total. The third-order valence-corrected chi connectivity index (χ3v) is 2.59. The number of primary amides is 1. The zero-order valence-corrected chi connectivity index (χ0v) is 9.49. The van der Waals surface area contributed by atoms with Gasteiger partial charge in [-0.15, -0.1) is 0 Å². The Morgan fingerprint density at radius 2 is 2.19 bits per heavy atom. The highest BCUT2D eigenvalue weighted by atomic mass is 16.1. The first-order chi connectivity index (χ1) is 7.70. The van der Waals surface area contributed by atoms with Crippen LogP contribution in [-0.4, -0.2) is 5.91 Å². The number of nitriles is 1. The number of nitrogens with zero attached hydrogens (tertiary/aromatic N) is 1. The lowest BCUT2D eigenvalue weighted by Gasteiger charge is -2.08. The highest BCUT2D eigenvalue weighted by molar-refractivity contribution is 5.94. The first-order valence-corrected chi connectivity index (χ1v) is 5.52. The highest BCUT2D eigenvalue weighted by Crippen LogP contribution is 2.17. The molecule has 0 aliphatic rings. The van der Waals surface area contributed by atoms with E-state index in [4.69, 9.17) is 11.0 Å². The third kappa shape index (κ3) is 2.83. The third-order valence-electron chi connectivity index (χ3n) is 2.59. The lowest BCUT2D eigenvalue weighted by Crippen LogP contribution is -2.14. The normalized spacial score (nSPS) is 9.75. The number of carbonyl (C=O) groups is 1. The fraction of sp³-hybridized carbons (Fsp3) is 0.385. The van der Waals surface area contributed by atoms with Crippen molar-refractivity contribution < 1.29 is 4.79 Å². The van der Waals surface area contributed by atoms with Crippen LogP contribution in [-0.2, 0) is 6.42 Å². The standard InChI is InChI=1S/C13H16N2O/c1-2-3-4-7-11-10(9-14)6-5-8-12(11)13(15)16/h5-6,8H,2-4,7H2,1H3,(H2,15,16). The van der Waals surface area contributed by atoms with Crippen molar-refractivity contribution in [3.63, 3.8) is 0 Å². The number of carbonyl (C=O) groups excluding carboxylic acids is 1. The Labute approximate surface area is 95.9 Å². The minimum absolute atomic E-state index is 0.455. The number of hydrogen-bond acceptors (Lipinski definition) is 2. The molecule has 0 spiro atoms. The first kappa shape index (κ1) is 12.3. The predicted molar refractivity (Wildman–Crippen MR) is 62.9 cm³/mol. The molecular formula is C13H16N2O. The van der Waals surface area contributed by atoms with Gasteiger partial charge in [0, 0.05) is 5.56 Å². The van der Waals surface area contributed by atoms with Crippen LogP contribution in [0.5, 0.6) is 0 Å². The maximum absolute atomic E-state index is 11.2. The number of hydrogen-bond donors (Lipinski definition) is 1. The fourth-order valence-electron chi connectivity index (χ4n) is 1.74. The van der Waals surface area contributed by atoms with Crippen molar-refractivity contribution >= 4 is 5.91 Å². The van der Waals surface area contributed by atoms with Crippen LogP contribution in [0, 0.1) is 11.3 Å². The van der Waals surface area contributed by atoms with Crippen LogP contribution < -0.4 is 5.73 Å². The molecule has 0 aliphatic carbocycles. The minimum atomic E-state index is -0.455. The molecule has 0 aliphatic heterocycles. The van der Waals surface area contributed by atoms with Gasteiger partial charge in [-0.3, -0.25) is 4.79 Å². The summed E-state index contributed by atoms with van der Waals surface area (Å²) in [5.74, 6) is -0.455. The summed E-state index contributed by atoms with van der Waals surface area (Å²) in [5.41, 5.74) is 7.14. The second kappa shape index (κ2) is 5.92. The molecule has 0 saturated heterocycles. The van der Waals surface area contributed by atoms with Gasteiger partial charge in [-0.2, -0.15) is 5.26 Å².